The number of carbonyl (C=O) groups excluding carboxylic acids is 1. The molecule has 0 aliphatic heterocycles. The molecule has 0 fully saturated rings. The SMILES string of the molecule is Cc1ccc(S(=O)(=O)NCCC(=O)N/N=C\c2ccccc2)cc1. The van der Waals surface area contributed by atoms with E-state index >= 15 is 0 Å². The number of nitrogens with one attached hydrogen (secondary N) is 2. The van der Waals surface area contributed by atoms with Crippen molar-refractivity contribution >= 4 is 22.1 Å². The Bertz CT molecular complexity index is 801. The van der Waals surface area contributed by atoms with Gasteiger partial charge in [-0.25, -0.2) is 18.6 Å². The van der Waals surface area contributed by atoms with Crippen LogP contribution < -0.4 is 10.1 Å². The standard InChI is InChI=1S/C17H19N3O3S/c1-14-7-9-16(10-8-14)24(22,23)19-12-11-17(21)20-18-13-15-5-3-2-4-6-15/h2-10,13,19H,11-12H2,1H3,(H,20,21)/b18-13-. The lowest BCUT2D eigenvalue weighted by Crippen LogP contribution is -2.29. The van der Waals surface area contributed by atoms with Crippen molar-refractivity contribution in [2.75, 3.05) is 6.54 Å². The van der Waals surface area contributed by atoms with E-state index in [9.17, 15) is 13.2 Å². The van der Waals surface area contributed by atoms with Gasteiger partial charge in [-0.3, -0.25) is 4.79 Å². The van der Waals surface area contributed by atoms with E-state index in [-0.39, 0.29) is 23.8 Å². The molecule has 2 aromatic carbocycles. The van der Waals surface area contributed by atoms with E-state index in [1.165, 1.54) is 18.3 Å². The molecule has 2 rings (SSSR count). The Balaban J connectivity index is 1.78. The fourth-order valence-electron chi connectivity index (χ4n) is 1.87. The van der Waals surface area contributed by atoms with Crippen molar-refractivity contribution < 1.29 is 13.2 Å². The first-order chi connectivity index (χ1) is 11.5. The highest BCUT2D eigenvalue weighted by atomic mass is 32.2. The largest absolute Gasteiger partial charge is 0.273 e. The molecule has 2 N–H and O–H groups in total. The maximum Gasteiger partial charge on any atom is 0.241 e. The number of benzene rings is 2. The third kappa shape index (κ3) is 5.60. The van der Waals surface area contributed by atoms with Crippen LogP contribution in [0.1, 0.15) is 17.5 Å². The van der Waals surface area contributed by atoms with Crippen molar-refractivity contribution in [1.29, 1.82) is 0 Å². The van der Waals surface area contributed by atoms with Crippen LogP contribution in [0, 0.1) is 6.92 Å². The maximum absolute atomic E-state index is 12.1. The highest BCUT2D eigenvalue weighted by Crippen LogP contribution is 2.09. The molecular formula is C17H19N3O3S. The van der Waals surface area contributed by atoms with Gasteiger partial charge >= 0.3 is 0 Å². The van der Waals surface area contributed by atoms with E-state index < -0.39 is 10.0 Å². The maximum atomic E-state index is 12.1. The molecule has 0 bridgehead atoms. The topological polar surface area (TPSA) is 87.6 Å². The summed E-state index contributed by atoms with van der Waals surface area (Å²) >= 11 is 0. The zero-order chi connectivity index (χ0) is 17.4. The van der Waals surface area contributed by atoms with Crippen molar-refractivity contribution in [1.82, 2.24) is 10.1 Å². The summed E-state index contributed by atoms with van der Waals surface area (Å²) in [6.45, 7) is 1.88. The molecule has 24 heavy (non-hydrogen) atoms. The molecule has 126 valence electrons. The van der Waals surface area contributed by atoms with Crippen LogP contribution in [0.15, 0.2) is 64.6 Å². The first-order valence-corrected chi connectivity index (χ1v) is 8.89. The predicted octanol–water partition coefficient (Wildman–Crippen LogP) is 1.81. The van der Waals surface area contributed by atoms with E-state index in [4.69, 9.17) is 0 Å². The van der Waals surface area contributed by atoms with E-state index in [1.807, 2.05) is 37.3 Å². The quantitative estimate of drug-likeness (QED) is 0.593. The van der Waals surface area contributed by atoms with Crippen molar-refractivity contribution in [3.8, 4) is 0 Å². The Kier molecular flexibility index (Phi) is 6.22. The number of hydrogen-bond donors (Lipinski definition) is 2. The minimum Gasteiger partial charge on any atom is -0.273 e. The highest BCUT2D eigenvalue weighted by Gasteiger charge is 2.13. The second kappa shape index (κ2) is 8.37. The molecule has 1 amide bonds. The van der Waals surface area contributed by atoms with Crippen LogP contribution in [-0.4, -0.2) is 27.1 Å². The normalized spacial score (nSPS) is 11.5. The molecule has 7 heteroatoms. The van der Waals surface area contributed by atoms with E-state index in [1.54, 1.807) is 12.1 Å². The van der Waals surface area contributed by atoms with Gasteiger partial charge in [-0.05, 0) is 24.6 Å². The Morgan fingerprint density at radius 2 is 1.75 bits per heavy atom. The summed E-state index contributed by atoms with van der Waals surface area (Å²) < 4.78 is 26.5. The molecule has 6 nitrogen and oxygen atoms in total. The summed E-state index contributed by atoms with van der Waals surface area (Å²) in [6.07, 6.45) is 1.52. The third-order valence-corrected chi connectivity index (χ3v) is 4.65. The Labute approximate surface area is 141 Å². The second-order valence-corrected chi connectivity index (χ2v) is 6.93. The number of rotatable bonds is 7. The summed E-state index contributed by atoms with van der Waals surface area (Å²) in [7, 11) is -3.60. The molecule has 0 aliphatic rings. The van der Waals surface area contributed by atoms with Gasteiger partial charge in [-0.1, -0.05) is 48.0 Å². The fraction of sp³-hybridized carbons (Fsp3) is 0.176. The Morgan fingerprint density at radius 3 is 2.42 bits per heavy atom. The second-order valence-electron chi connectivity index (χ2n) is 5.16. The van der Waals surface area contributed by atoms with Crippen LogP contribution in [0.2, 0.25) is 0 Å². The number of aryl methyl sites for hydroxylation is 1. The molecule has 0 heterocycles. The number of hydrogen-bond acceptors (Lipinski definition) is 4. The van der Waals surface area contributed by atoms with Gasteiger partial charge in [0.15, 0.2) is 0 Å². The molecule has 0 saturated heterocycles. The molecule has 0 unspecified atom stereocenters. The monoisotopic (exact) mass is 345 g/mol. The Morgan fingerprint density at radius 1 is 1.08 bits per heavy atom. The van der Waals surface area contributed by atoms with E-state index in [0.717, 1.165) is 11.1 Å². The molecule has 0 radical (unpaired) electrons. The smallest absolute Gasteiger partial charge is 0.241 e. The zero-order valence-electron chi connectivity index (χ0n) is 13.3. The number of sulfonamides is 1. The van der Waals surface area contributed by atoms with E-state index in [0.29, 0.717) is 0 Å². The fourth-order valence-corrected chi connectivity index (χ4v) is 2.91. The lowest BCUT2D eigenvalue weighted by molar-refractivity contribution is -0.120. The van der Waals surface area contributed by atoms with Gasteiger partial charge < -0.3 is 0 Å². The van der Waals surface area contributed by atoms with Crippen LogP contribution in [0.4, 0.5) is 0 Å². The van der Waals surface area contributed by atoms with Gasteiger partial charge in [0.1, 0.15) is 0 Å². The van der Waals surface area contributed by atoms with Gasteiger partial charge in [-0.2, -0.15) is 5.10 Å². The number of hydrazone groups is 1. The van der Waals surface area contributed by atoms with Crippen molar-refractivity contribution in [2.45, 2.75) is 18.2 Å². The first-order valence-electron chi connectivity index (χ1n) is 7.41. The first kappa shape index (κ1) is 17.8. The Hall–Kier alpha value is -2.51. The predicted molar refractivity (Wildman–Crippen MR) is 93.2 cm³/mol. The molecule has 0 aliphatic carbocycles. The summed E-state index contributed by atoms with van der Waals surface area (Å²) in [5.41, 5.74) is 4.20. The van der Waals surface area contributed by atoms with Crippen molar-refractivity contribution in [2.24, 2.45) is 5.10 Å². The van der Waals surface area contributed by atoms with Gasteiger partial charge in [-0.15, -0.1) is 0 Å². The van der Waals surface area contributed by atoms with Gasteiger partial charge in [0, 0.05) is 13.0 Å². The number of nitrogens with zero attached hydrogens (tertiary/aromatic N) is 1. The molecule has 2 aromatic rings. The summed E-state index contributed by atoms with van der Waals surface area (Å²) in [5.74, 6) is -0.367. The van der Waals surface area contributed by atoms with Gasteiger partial charge in [0.2, 0.25) is 15.9 Å². The average Bonchev–Trinajstić information content (AvgIpc) is 2.56. The highest BCUT2D eigenvalue weighted by molar-refractivity contribution is 7.89. The minimum atomic E-state index is -3.60. The summed E-state index contributed by atoms with van der Waals surface area (Å²) in [4.78, 5) is 11.8. The molecule has 0 aromatic heterocycles. The third-order valence-electron chi connectivity index (χ3n) is 3.18. The molecule has 0 spiro atoms. The molecule has 0 saturated carbocycles. The number of carbonyl (C=O) groups is 1. The van der Waals surface area contributed by atoms with Crippen LogP contribution >= 0.6 is 0 Å². The average molecular weight is 345 g/mol. The lowest BCUT2D eigenvalue weighted by atomic mass is 10.2. The summed E-state index contributed by atoms with van der Waals surface area (Å²) in [5, 5.41) is 3.82. The number of amides is 1. The van der Waals surface area contributed by atoms with Gasteiger partial charge in [0.05, 0.1) is 11.1 Å². The minimum absolute atomic E-state index is 0.00276. The van der Waals surface area contributed by atoms with Crippen molar-refractivity contribution in [3.05, 3.63) is 65.7 Å². The van der Waals surface area contributed by atoms with Gasteiger partial charge in [0.25, 0.3) is 0 Å². The van der Waals surface area contributed by atoms with Crippen LogP contribution in [0.25, 0.3) is 0 Å². The lowest BCUT2D eigenvalue weighted by Gasteiger charge is -2.06. The molecule has 0 atom stereocenters. The van der Waals surface area contributed by atoms with E-state index in [2.05, 4.69) is 15.2 Å². The van der Waals surface area contributed by atoms with Crippen LogP contribution in [0.3, 0.4) is 0 Å². The van der Waals surface area contributed by atoms with Crippen molar-refractivity contribution in [3.63, 3.8) is 0 Å². The van der Waals surface area contributed by atoms with Crippen LogP contribution in [0.5, 0.6) is 0 Å². The summed E-state index contributed by atoms with van der Waals surface area (Å²) in [6, 6.07) is 15.8. The molecular weight excluding hydrogens is 326 g/mol. The zero-order valence-corrected chi connectivity index (χ0v) is 14.1. The van der Waals surface area contributed by atoms with Crippen LogP contribution in [-0.2, 0) is 14.8 Å².